The first-order valence-corrected chi connectivity index (χ1v) is 7.92. The van der Waals surface area contributed by atoms with E-state index in [4.69, 9.17) is 0 Å². The van der Waals surface area contributed by atoms with Gasteiger partial charge in [0.25, 0.3) is 0 Å². The number of hydrogen-bond acceptors (Lipinski definition) is 3. The van der Waals surface area contributed by atoms with E-state index in [1.807, 2.05) is 6.20 Å². The molecule has 1 saturated heterocycles. The lowest BCUT2D eigenvalue weighted by molar-refractivity contribution is -0.140. The van der Waals surface area contributed by atoms with E-state index in [0.29, 0.717) is 6.54 Å². The van der Waals surface area contributed by atoms with Crippen molar-refractivity contribution in [3.8, 4) is 0 Å². The number of rotatable bonds is 2. The molecule has 0 saturated carbocycles. The van der Waals surface area contributed by atoms with E-state index in [0.717, 1.165) is 35.7 Å². The molecule has 3 rings (SSSR count). The number of aryl methyl sites for hydroxylation is 2. The number of carbonyl (C=O) groups is 1. The van der Waals surface area contributed by atoms with Crippen LogP contribution in [0, 0.1) is 0 Å². The third kappa shape index (κ3) is 3.62. The first-order valence-electron chi connectivity index (χ1n) is 7.92. The zero-order chi connectivity index (χ0) is 18.2. The highest BCUT2D eigenvalue weighted by atomic mass is 19.4. The van der Waals surface area contributed by atoms with Crippen molar-refractivity contribution in [2.75, 3.05) is 11.9 Å². The van der Waals surface area contributed by atoms with Gasteiger partial charge in [-0.2, -0.15) is 23.4 Å². The lowest BCUT2D eigenvalue weighted by Crippen LogP contribution is -2.41. The number of piperidine rings is 1. The second-order valence-electron chi connectivity index (χ2n) is 6.15. The molecule has 0 bridgehead atoms. The van der Waals surface area contributed by atoms with Crippen molar-refractivity contribution < 1.29 is 18.0 Å². The molecule has 1 aliphatic heterocycles. The minimum Gasteiger partial charge on any atom is -0.317 e. The number of halogens is 3. The Morgan fingerprint density at radius 2 is 2.00 bits per heavy atom. The number of hydrogen-bond donors (Lipinski definition) is 1. The number of amides is 2. The zero-order valence-electron chi connectivity index (χ0n) is 13.9. The molecule has 1 N–H and O–H groups in total. The van der Waals surface area contributed by atoms with Gasteiger partial charge in [0.1, 0.15) is 0 Å². The molecule has 136 valence electrons. The third-order valence-electron chi connectivity index (χ3n) is 4.21. The van der Waals surface area contributed by atoms with Gasteiger partial charge in [-0.05, 0) is 19.3 Å². The van der Waals surface area contributed by atoms with E-state index in [9.17, 15) is 18.0 Å². The van der Waals surface area contributed by atoms with Crippen molar-refractivity contribution >= 4 is 11.7 Å². The first kappa shape index (κ1) is 17.3. The lowest BCUT2D eigenvalue weighted by Gasteiger charge is -2.35. The van der Waals surface area contributed by atoms with Gasteiger partial charge in [-0.1, -0.05) is 0 Å². The zero-order valence-corrected chi connectivity index (χ0v) is 13.9. The summed E-state index contributed by atoms with van der Waals surface area (Å²) in [6, 6.07) is -0.763. The van der Waals surface area contributed by atoms with E-state index >= 15 is 0 Å². The summed E-state index contributed by atoms with van der Waals surface area (Å²) < 4.78 is 41.8. The molecule has 2 aromatic rings. The van der Waals surface area contributed by atoms with E-state index in [2.05, 4.69) is 15.5 Å². The van der Waals surface area contributed by atoms with Crippen LogP contribution in [0.15, 0.2) is 18.6 Å². The predicted octanol–water partition coefficient (Wildman–Crippen LogP) is 2.93. The van der Waals surface area contributed by atoms with Crippen LogP contribution in [0.2, 0.25) is 0 Å². The van der Waals surface area contributed by atoms with Crippen LogP contribution in [-0.2, 0) is 20.3 Å². The normalized spacial score (nSPS) is 18.4. The average Bonchev–Trinajstić information content (AvgIpc) is 3.13. The van der Waals surface area contributed by atoms with Crippen LogP contribution in [0.3, 0.4) is 0 Å². The molecule has 0 aromatic carbocycles. The third-order valence-corrected chi connectivity index (χ3v) is 4.21. The topological polar surface area (TPSA) is 68.0 Å². The number of likely N-dealkylation sites (tertiary alicyclic amines) is 1. The molecule has 1 atom stereocenters. The Labute approximate surface area is 142 Å². The molecule has 25 heavy (non-hydrogen) atoms. The highest BCUT2D eigenvalue weighted by molar-refractivity contribution is 5.90. The summed E-state index contributed by atoms with van der Waals surface area (Å²) in [4.78, 5) is 14.2. The Hall–Kier alpha value is -2.52. The quantitative estimate of drug-likeness (QED) is 0.900. The standard InChI is InChI=1S/C15H19F3N6O/c1-22-8-10(7-19-22)12-5-3-4-6-24(12)14(25)20-11-9-23(2)21-13(11)15(16,17)18/h7-9,12H,3-6H2,1-2H3,(H,20,25). The summed E-state index contributed by atoms with van der Waals surface area (Å²) in [6.45, 7) is 0.479. The van der Waals surface area contributed by atoms with E-state index in [1.165, 1.54) is 7.05 Å². The van der Waals surface area contributed by atoms with Crippen LogP contribution in [0.25, 0.3) is 0 Å². The summed E-state index contributed by atoms with van der Waals surface area (Å²) >= 11 is 0. The largest absolute Gasteiger partial charge is 0.437 e. The Morgan fingerprint density at radius 1 is 1.24 bits per heavy atom. The van der Waals surface area contributed by atoms with Gasteiger partial charge in [0, 0.05) is 38.6 Å². The van der Waals surface area contributed by atoms with Gasteiger partial charge in [0.15, 0.2) is 5.69 Å². The maximum atomic E-state index is 13.0. The fraction of sp³-hybridized carbons (Fsp3) is 0.533. The Bertz CT molecular complexity index is 766. The second-order valence-corrected chi connectivity index (χ2v) is 6.15. The molecule has 3 heterocycles. The molecular formula is C15H19F3N6O. The van der Waals surface area contributed by atoms with Gasteiger partial charge < -0.3 is 10.2 Å². The van der Waals surface area contributed by atoms with E-state index < -0.39 is 17.9 Å². The molecule has 2 amide bonds. The van der Waals surface area contributed by atoms with Crippen molar-refractivity contribution in [3.05, 3.63) is 29.8 Å². The van der Waals surface area contributed by atoms with Gasteiger partial charge in [-0.3, -0.25) is 9.36 Å². The van der Waals surface area contributed by atoms with Crippen molar-refractivity contribution in [2.45, 2.75) is 31.5 Å². The fourth-order valence-corrected chi connectivity index (χ4v) is 3.11. The van der Waals surface area contributed by atoms with Crippen molar-refractivity contribution in [2.24, 2.45) is 14.1 Å². The van der Waals surface area contributed by atoms with Crippen molar-refractivity contribution in [3.63, 3.8) is 0 Å². The summed E-state index contributed by atoms with van der Waals surface area (Å²) in [5.41, 5.74) is -0.562. The van der Waals surface area contributed by atoms with Gasteiger partial charge in [0.2, 0.25) is 0 Å². The van der Waals surface area contributed by atoms with E-state index in [1.54, 1.807) is 22.8 Å². The summed E-state index contributed by atoms with van der Waals surface area (Å²) in [5.74, 6) is 0. The monoisotopic (exact) mass is 356 g/mol. The Balaban J connectivity index is 1.82. The average molecular weight is 356 g/mol. The first-order chi connectivity index (χ1) is 11.8. The highest BCUT2D eigenvalue weighted by Gasteiger charge is 2.38. The van der Waals surface area contributed by atoms with Crippen LogP contribution in [0.4, 0.5) is 23.7 Å². The van der Waals surface area contributed by atoms with Crippen molar-refractivity contribution in [1.29, 1.82) is 0 Å². The van der Waals surface area contributed by atoms with Crippen molar-refractivity contribution in [1.82, 2.24) is 24.5 Å². The van der Waals surface area contributed by atoms with Crippen LogP contribution >= 0.6 is 0 Å². The fourth-order valence-electron chi connectivity index (χ4n) is 3.11. The molecule has 0 aliphatic carbocycles. The summed E-state index contributed by atoms with van der Waals surface area (Å²) in [5, 5.41) is 9.89. The molecule has 10 heteroatoms. The summed E-state index contributed by atoms with van der Waals surface area (Å²) in [6.07, 6.45) is 2.53. The number of urea groups is 1. The molecule has 0 radical (unpaired) electrons. The minimum absolute atomic E-state index is 0.201. The molecule has 0 spiro atoms. The molecule has 1 unspecified atom stereocenters. The van der Waals surface area contributed by atoms with Crippen LogP contribution in [0.5, 0.6) is 0 Å². The predicted molar refractivity (Wildman–Crippen MR) is 83.7 cm³/mol. The van der Waals surface area contributed by atoms with Gasteiger partial charge in [-0.15, -0.1) is 0 Å². The van der Waals surface area contributed by atoms with Gasteiger partial charge >= 0.3 is 12.2 Å². The minimum atomic E-state index is -4.63. The van der Waals surface area contributed by atoms with Crippen LogP contribution in [-0.4, -0.2) is 37.0 Å². The highest BCUT2D eigenvalue weighted by Crippen LogP contribution is 2.35. The molecule has 7 nitrogen and oxygen atoms in total. The van der Waals surface area contributed by atoms with Gasteiger partial charge in [0.05, 0.1) is 17.9 Å². The Kier molecular flexibility index (Phi) is 4.44. The molecule has 1 fully saturated rings. The SMILES string of the molecule is Cn1cc(C2CCCCN2C(=O)Nc2cn(C)nc2C(F)(F)F)cn1. The number of anilines is 1. The number of carbonyl (C=O) groups excluding carboxylic acids is 1. The molecule has 1 aliphatic rings. The number of aromatic nitrogens is 4. The lowest BCUT2D eigenvalue weighted by atomic mass is 9.98. The summed E-state index contributed by atoms with van der Waals surface area (Å²) in [7, 11) is 3.16. The number of nitrogens with zero attached hydrogens (tertiary/aromatic N) is 5. The van der Waals surface area contributed by atoms with Crippen LogP contribution in [0.1, 0.15) is 36.6 Å². The number of nitrogens with one attached hydrogen (secondary N) is 1. The Morgan fingerprint density at radius 3 is 2.64 bits per heavy atom. The second kappa shape index (κ2) is 6.41. The van der Waals surface area contributed by atoms with Crippen LogP contribution < -0.4 is 5.32 Å². The molecular weight excluding hydrogens is 337 g/mol. The smallest absolute Gasteiger partial charge is 0.317 e. The number of alkyl halides is 3. The van der Waals surface area contributed by atoms with Gasteiger partial charge in [-0.25, -0.2) is 4.79 Å². The maximum absolute atomic E-state index is 13.0. The van der Waals surface area contributed by atoms with E-state index in [-0.39, 0.29) is 11.7 Å². The molecule has 2 aromatic heterocycles. The maximum Gasteiger partial charge on any atom is 0.437 e.